The summed E-state index contributed by atoms with van der Waals surface area (Å²) in [4.78, 5) is 24.1. The van der Waals surface area contributed by atoms with Crippen LogP contribution in [0.5, 0.6) is 5.75 Å². The van der Waals surface area contributed by atoms with Gasteiger partial charge in [0, 0.05) is 29.4 Å². The Balaban J connectivity index is 2.34. The quantitative estimate of drug-likeness (QED) is 0.714. The van der Waals surface area contributed by atoms with Gasteiger partial charge in [-0.25, -0.2) is 0 Å². The molecule has 5 nitrogen and oxygen atoms in total. The van der Waals surface area contributed by atoms with Crippen molar-refractivity contribution in [3.63, 3.8) is 0 Å². The molecule has 0 radical (unpaired) electrons. The van der Waals surface area contributed by atoms with E-state index in [9.17, 15) is 9.59 Å². The molecule has 0 bridgehead atoms. The van der Waals surface area contributed by atoms with Crippen LogP contribution in [0.3, 0.4) is 0 Å². The van der Waals surface area contributed by atoms with E-state index in [0.29, 0.717) is 28.5 Å². The fraction of sp³-hybridized carbons (Fsp3) is 0.238. The third-order valence-electron chi connectivity index (χ3n) is 4.45. The summed E-state index contributed by atoms with van der Waals surface area (Å²) in [5.41, 5.74) is 2.96. The minimum Gasteiger partial charge on any atom is -0.493 e. The summed E-state index contributed by atoms with van der Waals surface area (Å²) in [7, 11) is 0. The van der Waals surface area contributed by atoms with Gasteiger partial charge in [0.25, 0.3) is 0 Å². The first-order chi connectivity index (χ1) is 12.8. The van der Waals surface area contributed by atoms with Crippen molar-refractivity contribution >= 4 is 34.0 Å². The minimum absolute atomic E-state index is 0.0636. The highest BCUT2D eigenvalue weighted by atomic mass is 35.5. The van der Waals surface area contributed by atoms with Crippen molar-refractivity contribution in [2.75, 3.05) is 11.9 Å². The Morgan fingerprint density at radius 3 is 2.52 bits per heavy atom. The zero-order valence-corrected chi connectivity index (χ0v) is 16.5. The molecule has 1 N–H and O–H groups in total. The lowest BCUT2D eigenvalue weighted by atomic mass is 10.2. The van der Waals surface area contributed by atoms with Gasteiger partial charge in [0.1, 0.15) is 5.75 Å². The molecule has 0 unspecified atom stereocenters. The van der Waals surface area contributed by atoms with E-state index in [4.69, 9.17) is 16.3 Å². The van der Waals surface area contributed by atoms with E-state index in [-0.39, 0.29) is 11.3 Å². The molecule has 0 fully saturated rings. The number of amides is 1. The molecule has 0 aliphatic carbocycles. The fourth-order valence-electron chi connectivity index (χ4n) is 3.43. The van der Waals surface area contributed by atoms with Crippen molar-refractivity contribution in [2.24, 2.45) is 0 Å². The molecule has 0 aliphatic heterocycles. The second-order valence-electron chi connectivity index (χ2n) is 6.29. The number of aryl methyl sites for hydroxylation is 2. The number of halogens is 1. The van der Waals surface area contributed by atoms with E-state index in [1.807, 2.05) is 37.5 Å². The first-order valence-electron chi connectivity index (χ1n) is 8.70. The highest BCUT2D eigenvalue weighted by Gasteiger charge is 2.18. The topological polar surface area (TPSA) is 60.3 Å². The SMILES string of the molecule is CCOc1cccc(=O)c2c(C)n(-c3ccc(Cl)c(NC(C)=O)c3)c(C)c12. The molecule has 1 amide bonds. The van der Waals surface area contributed by atoms with E-state index >= 15 is 0 Å². The van der Waals surface area contributed by atoms with Gasteiger partial charge in [0.15, 0.2) is 5.43 Å². The Morgan fingerprint density at radius 2 is 1.85 bits per heavy atom. The summed E-state index contributed by atoms with van der Waals surface area (Å²) in [5.74, 6) is 0.470. The molecule has 6 heteroatoms. The molecular formula is C21H21ClN2O3. The van der Waals surface area contributed by atoms with Crippen LogP contribution < -0.4 is 15.5 Å². The van der Waals surface area contributed by atoms with Crippen LogP contribution in [0.2, 0.25) is 5.02 Å². The first kappa shape index (κ1) is 19.0. The molecular weight excluding hydrogens is 364 g/mol. The van der Waals surface area contributed by atoms with Crippen LogP contribution >= 0.6 is 11.6 Å². The molecule has 0 saturated carbocycles. The van der Waals surface area contributed by atoms with Crippen LogP contribution in [0.1, 0.15) is 25.2 Å². The van der Waals surface area contributed by atoms with Crippen LogP contribution in [0, 0.1) is 13.8 Å². The third-order valence-corrected chi connectivity index (χ3v) is 4.78. The van der Waals surface area contributed by atoms with Crippen molar-refractivity contribution in [3.05, 3.63) is 63.0 Å². The molecule has 0 aliphatic rings. The standard InChI is InChI=1S/C21H21ClN2O3/c1-5-27-19-8-6-7-18(26)20-12(2)24(13(3)21(19)20)15-9-10-16(22)17(11-15)23-14(4)25/h6-11H,5H2,1-4H3,(H,23,25). The highest BCUT2D eigenvalue weighted by molar-refractivity contribution is 6.33. The third kappa shape index (κ3) is 3.43. The number of rotatable bonds is 4. The lowest BCUT2D eigenvalue weighted by Gasteiger charge is -2.13. The number of hydrogen-bond donors (Lipinski definition) is 1. The Hall–Kier alpha value is -2.79. The summed E-state index contributed by atoms with van der Waals surface area (Å²) in [5, 5.41) is 4.60. The van der Waals surface area contributed by atoms with Gasteiger partial charge < -0.3 is 14.6 Å². The minimum atomic E-state index is -0.201. The van der Waals surface area contributed by atoms with Gasteiger partial charge in [0.2, 0.25) is 5.91 Å². The first-order valence-corrected chi connectivity index (χ1v) is 9.08. The number of carbonyl (C=O) groups excluding carboxylic acids is 1. The number of benzene rings is 1. The Morgan fingerprint density at radius 1 is 1.15 bits per heavy atom. The van der Waals surface area contributed by atoms with Gasteiger partial charge in [0.05, 0.1) is 22.7 Å². The number of aromatic nitrogens is 1. The molecule has 2 aromatic carbocycles. The number of anilines is 1. The molecule has 3 aromatic rings. The highest BCUT2D eigenvalue weighted by Crippen LogP contribution is 2.34. The second-order valence-corrected chi connectivity index (χ2v) is 6.70. The molecule has 0 spiro atoms. The van der Waals surface area contributed by atoms with Crippen molar-refractivity contribution in [1.29, 1.82) is 0 Å². The van der Waals surface area contributed by atoms with E-state index in [0.717, 1.165) is 22.5 Å². The van der Waals surface area contributed by atoms with Gasteiger partial charge in [-0.3, -0.25) is 9.59 Å². The van der Waals surface area contributed by atoms with E-state index in [1.54, 1.807) is 24.3 Å². The summed E-state index contributed by atoms with van der Waals surface area (Å²) >= 11 is 6.20. The van der Waals surface area contributed by atoms with E-state index < -0.39 is 0 Å². The maximum absolute atomic E-state index is 12.7. The van der Waals surface area contributed by atoms with Crippen LogP contribution in [0.15, 0.2) is 41.2 Å². The number of hydrogen-bond acceptors (Lipinski definition) is 3. The zero-order chi connectivity index (χ0) is 19.7. The number of ether oxygens (including phenoxy) is 1. The average Bonchev–Trinajstić information content (AvgIpc) is 2.75. The number of fused-ring (bicyclic) bond motifs is 1. The van der Waals surface area contributed by atoms with Crippen molar-refractivity contribution in [1.82, 2.24) is 4.57 Å². The lowest BCUT2D eigenvalue weighted by molar-refractivity contribution is -0.114. The van der Waals surface area contributed by atoms with Crippen molar-refractivity contribution in [3.8, 4) is 11.4 Å². The maximum atomic E-state index is 12.7. The number of nitrogens with zero attached hydrogens (tertiary/aromatic N) is 1. The molecule has 1 heterocycles. The molecule has 140 valence electrons. The summed E-state index contributed by atoms with van der Waals surface area (Å²) in [6, 6.07) is 10.5. The molecule has 27 heavy (non-hydrogen) atoms. The van der Waals surface area contributed by atoms with Gasteiger partial charge in [-0.2, -0.15) is 0 Å². The van der Waals surface area contributed by atoms with Gasteiger partial charge in [-0.05, 0) is 51.1 Å². The smallest absolute Gasteiger partial charge is 0.221 e. The second kappa shape index (κ2) is 7.45. The lowest BCUT2D eigenvalue weighted by Crippen LogP contribution is -2.08. The van der Waals surface area contributed by atoms with Crippen LogP contribution in [-0.2, 0) is 4.79 Å². The summed E-state index contributed by atoms with van der Waals surface area (Å²) in [6.07, 6.45) is 0. The summed E-state index contributed by atoms with van der Waals surface area (Å²) in [6.45, 7) is 7.70. The largest absolute Gasteiger partial charge is 0.493 e. The maximum Gasteiger partial charge on any atom is 0.221 e. The van der Waals surface area contributed by atoms with Crippen LogP contribution in [0.4, 0.5) is 5.69 Å². The Labute approximate surface area is 162 Å². The van der Waals surface area contributed by atoms with Gasteiger partial charge >= 0.3 is 0 Å². The predicted molar refractivity (Wildman–Crippen MR) is 110 cm³/mol. The zero-order valence-electron chi connectivity index (χ0n) is 15.7. The predicted octanol–water partition coefficient (Wildman–Crippen LogP) is 4.62. The summed E-state index contributed by atoms with van der Waals surface area (Å²) < 4.78 is 7.77. The fourth-order valence-corrected chi connectivity index (χ4v) is 3.60. The number of carbonyl (C=O) groups is 1. The van der Waals surface area contributed by atoms with Crippen LogP contribution in [-0.4, -0.2) is 17.1 Å². The van der Waals surface area contributed by atoms with Gasteiger partial charge in [-0.1, -0.05) is 17.7 Å². The van der Waals surface area contributed by atoms with Crippen LogP contribution in [0.25, 0.3) is 16.5 Å². The molecule has 3 rings (SSSR count). The monoisotopic (exact) mass is 384 g/mol. The van der Waals surface area contributed by atoms with E-state index in [1.165, 1.54) is 6.92 Å². The van der Waals surface area contributed by atoms with Gasteiger partial charge in [-0.15, -0.1) is 0 Å². The Bertz CT molecular complexity index is 1100. The van der Waals surface area contributed by atoms with Crippen molar-refractivity contribution < 1.29 is 9.53 Å². The Kier molecular flexibility index (Phi) is 5.24. The number of nitrogens with one attached hydrogen (secondary N) is 1. The van der Waals surface area contributed by atoms with Crippen molar-refractivity contribution in [2.45, 2.75) is 27.7 Å². The molecule has 0 atom stereocenters. The molecule has 1 aromatic heterocycles. The normalized spacial score (nSPS) is 10.9. The molecule has 0 saturated heterocycles. The van der Waals surface area contributed by atoms with E-state index in [2.05, 4.69) is 5.32 Å². The average molecular weight is 385 g/mol.